The summed E-state index contributed by atoms with van der Waals surface area (Å²) in [6, 6.07) is 1.26. The first-order chi connectivity index (χ1) is 10.1. The van der Waals surface area contributed by atoms with Crippen LogP contribution in [0.4, 0.5) is 0 Å². The third kappa shape index (κ3) is 7.46. The fourth-order valence-electron chi connectivity index (χ4n) is 3.08. The normalized spacial score (nSPS) is 19.6. The number of hydrogen-bond donors (Lipinski definition) is 2. The van der Waals surface area contributed by atoms with Crippen molar-refractivity contribution < 1.29 is 0 Å². The fraction of sp³-hybridized carbons (Fsp3) is 0.938. The molecule has 1 atom stereocenters. The minimum absolute atomic E-state index is 0. The number of nitrogens with one attached hydrogen (secondary N) is 2. The Morgan fingerprint density at radius 2 is 2.05 bits per heavy atom. The lowest BCUT2D eigenvalue weighted by Gasteiger charge is -2.26. The second-order valence-corrected chi connectivity index (χ2v) is 6.03. The first-order valence-corrected chi connectivity index (χ1v) is 8.54. The maximum absolute atomic E-state index is 4.32. The molecule has 5 nitrogen and oxygen atoms in total. The minimum Gasteiger partial charge on any atom is -0.355 e. The SMILES string of the molecule is CCN(CCNC(=NC)NCC1CCCN1CC)C(C)C.I. The molecule has 0 aromatic carbocycles. The molecule has 0 radical (unpaired) electrons. The van der Waals surface area contributed by atoms with Gasteiger partial charge in [0, 0.05) is 38.8 Å². The molecule has 22 heavy (non-hydrogen) atoms. The molecule has 1 heterocycles. The van der Waals surface area contributed by atoms with Gasteiger partial charge in [-0.05, 0) is 46.3 Å². The summed E-state index contributed by atoms with van der Waals surface area (Å²) >= 11 is 0. The largest absolute Gasteiger partial charge is 0.355 e. The van der Waals surface area contributed by atoms with Crippen molar-refractivity contribution in [3.05, 3.63) is 0 Å². The zero-order chi connectivity index (χ0) is 15.7. The third-order valence-corrected chi connectivity index (χ3v) is 4.46. The molecule has 132 valence electrons. The average molecular weight is 425 g/mol. The van der Waals surface area contributed by atoms with Crippen LogP contribution >= 0.6 is 24.0 Å². The van der Waals surface area contributed by atoms with Crippen LogP contribution in [0.25, 0.3) is 0 Å². The van der Waals surface area contributed by atoms with E-state index in [0.717, 1.165) is 38.7 Å². The Kier molecular flexibility index (Phi) is 12.3. The molecule has 1 aliphatic heterocycles. The van der Waals surface area contributed by atoms with Crippen LogP contribution in [0.15, 0.2) is 4.99 Å². The van der Waals surface area contributed by atoms with Gasteiger partial charge >= 0.3 is 0 Å². The molecule has 0 spiro atoms. The highest BCUT2D eigenvalue weighted by Gasteiger charge is 2.22. The Morgan fingerprint density at radius 3 is 2.59 bits per heavy atom. The molecule has 0 aromatic heterocycles. The summed E-state index contributed by atoms with van der Waals surface area (Å²) in [4.78, 5) is 9.33. The molecular weight excluding hydrogens is 389 g/mol. The number of halogens is 1. The molecule has 0 bridgehead atoms. The molecule has 1 unspecified atom stereocenters. The van der Waals surface area contributed by atoms with Gasteiger partial charge in [0.05, 0.1) is 0 Å². The van der Waals surface area contributed by atoms with Crippen LogP contribution < -0.4 is 10.6 Å². The fourth-order valence-corrected chi connectivity index (χ4v) is 3.08. The van der Waals surface area contributed by atoms with E-state index in [-0.39, 0.29) is 24.0 Å². The molecule has 1 fully saturated rings. The number of aliphatic imine (C=N–C) groups is 1. The van der Waals surface area contributed by atoms with Crippen molar-refractivity contribution in [2.75, 3.05) is 46.3 Å². The second-order valence-electron chi connectivity index (χ2n) is 6.03. The lowest BCUT2D eigenvalue weighted by molar-refractivity contribution is 0.237. The van der Waals surface area contributed by atoms with Gasteiger partial charge in [-0.2, -0.15) is 0 Å². The summed E-state index contributed by atoms with van der Waals surface area (Å²) in [6.07, 6.45) is 2.63. The monoisotopic (exact) mass is 425 g/mol. The van der Waals surface area contributed by atoms with E-state index in [4.69, 9.17) is 0 Å². The maximum Gasteiger partial charge on any atom is 0.191 e. The second kappa shape index (κ2) is 12.4. The molecule has 6 heteroatoms. The summed E-state index contributed by atoms with van der Waals surface area (Å²) in [6.45, 7) is 15.4. The van der Waals surface area contributed by atoms with Crippen LogP contribution in [0.1, 0.15) is 40.5 Å². The Hall–Kier alpha value is -0.0800. The lowest BCUT2D eigenvalue weighted by atomic mass is 10.2. The highest BCUT2D eigenvalue weighted by atomic mass is 127. The van der Waals surface area contributed by atoms with Gasteiger partial charge in [-0.25, -0.2) is 0 Å². The highest BCUT2D eigenvalue weighted by molar-refractivity contribution is 14.0. The van der Waals surface area contributed by atoms with Crippen LogP contribution in [0, 0.1) is 0 Å². The van der Waals surface area contributed by atoms with Crippen molar-refractivity contribution in [3.63, 3.8) is 0 Å². The van der Waals surface area contributed by atoms with Crippen molar-refractivity contribution in [2.24, 2.45) is 4.99 Å². The van der Waals surface area contributed by atoms with Gasteiger partial charge in [0.2, 0.25) is 0 Å². The molecule has 0 saturated carbocycles. The van der Waals surface area contributed by atoms with E-state index in [2.05, 4.69) is 53.1 Å². The number of nitrogens with zero attached hydrogens (tertiary/aromatic N) is 3. The standard InChI is InChI=1S/C16H35N5.HI/c1-6-20(14(3)4)12-10-18-16(17-5)19-13-15-9-8-11-21(15)7-2;/h14-15H,6-13H2,1-5H3,(H2,17,18,19);1H. The molecule has 0 amide bonds. The zero-order valence-electron chi connectivity index (χ0n) is 15.1. The van der Waals surface area contributed by atoms with Crippen molar-refractivity contribution in [2.45, 2.75) is 52.6 Å². The van der Waals surface area contributed by atoms with Crippen LogP contribution in [0.2, 0.25) is 0 Å². The van der Waals surface area contributed by atoms with E-state index >= 15 is 0 Å². The van der Waals surface area contributed by atoms with Gasteiger partial charge in [-0.15, -0.1) is 24.0 Å². The van der Waals surface area contributed by atoms with Gasteiger partial charge < -0.3 is 10.6 Å². The van der Waals surface area contributed by atoms with E-state index in [1.54, 1.807) is 0 Å². The Labute approximate surface area is 154 Å². The molecule has 1 rings (SSSR count). The number of likely N-dealkylation sites (tertiary alicyclic amines) is 1. The molecule has 0 aromatic rings. The van der Waals surface area contributed by atoms with Crippen molar-refractivity contribution in [3.8, 4) is 0 Å². The predicted molar refractivity (Wildman–Crippen MR) is 107 cm³/mol. The van der Waals surface area contributed by atoms with E-state index < -0.39 is 0 Å². The number of rotatable bonds is 8. The maximum atomic E-state index is 4.32. The summed E-state index contributed by atoms with van der Waals surface area (Å²) in [5, 5.41) is 6.90. The number of likely N-dealkylation sites (N-methyl/N-ethyl adjacent to an activating group) is 2. The van der Waals surface area contributed by atoms with Gasteiger partial charge in [0.15, 0.2) is 5.96 Å². The van der Waals surface area contributed by atoms with Crippen molar-refractivity contribution in [1.82, 2.24) is 20.4 Å². The Balaban J connectivity index is 0.00000441. The van der Waals surface area contributed by atoms with E-state index in [9.17, 15) is 0 Å². The van der Waals surface area contributed by atoms with Crippen LogP contribution in [0.3, 0.4) is 0 Å². The predicted octanol–water partition coefficient (Wildman–Crippen LogP) is 1.98. The third-order valence-electron chi connectivity index (χ3n) is 4.46. The van der Waals surface area contributed by atoms with E-state index in [1.165, 1.54) is 19.4 Å². The van der Waals surface area contributed by atoms with E-state index in [0.29, 0.717) is 12.1 Å². The zero-order valence-corrected chi connectivity index (χ0v) is 17.4. The summed E-state index contributed by atoms with van der Waals surface area (Å²) in [7, 11) is 1.85. The molecule has 2 N–H and O–H groups in total. The van der Waals surface area contributed by atoms with Gasteiger partial charge in [-0.1, -0.05) is 13.8 Å². The molecular formula is C16H36IN5. The quantitative estimate of drug-likeness (QED) is 0.355. The molecule has 0 aliphatic carbocycles. The van der Waals surface area contributed by atoms with Gasteiger partial charge in [-0.3, -0.25) is 14.8 Å². The van der Waals surface area contributed by atoms with Gasteiger partial charge in [0.25, 0.3) is 0 Å². The lowest BCUT2D eigenvalue weighted by Crippen LogP contribution is -2.47. The first-order valence-electron chi connectivity index (χ1n) is 8.54. The Morgan fingerprint density at radius 1 is 1.32 bits per heavy atom. The van der Waals surface area contributed by atoms with Crippen LogP contribution in [0.5, 0.6) is 0 Å². The minimum atomic E-state index is 0. The topological polar surface area (TPSA) is 42.9 Å². The van der Waals surface area contributed by atoms with Crippen LogP contribution in [-0.2, 0) is 0 Å². The smallest absolute Gasteiger partial charge is 0.191 e. The average Bonchev–Trinajstić information content (AvgIpc) is 2.93. The number of hydrogen-bond acceptors (Lipinski definition) is 3. The Bertz CT molecular complexity index is 309. The number of guanidine groups is 1. The van der Waals surface area contributed by atoms with E-state index in [1.807, 2.05) is 7.05 Å². The van der Waals surface area contributed by atoms with Gasteiger partial charge in [0.1, 0.15) is 0 Å². The van der Waals surface area contributed by atoms with Crippen molar-refractivity contribution in [1.29, 1.82) is 0 Å². The summed E-state index contributed by atoms with van der Waals surface area (Å²) < 4.78 is 0. The summed E-state index contributed by atoms with van der Waals surface area (Å²) in [5.41, 5.74) is 0. The highest BCUT2D eigenvalue weighted by Crippen LogP contribution is 2.15. The van der Waals surface area contributed by atoms with Crippen molar-refractivity contribution >= 4 is 29.9 Å². The molecule has 1 saturated heterocycles. The summed E-state index contributed by atoms with van der Waals surface area (Å²) in [5.74, 6) is 0.928. The molecule has 1 aliphatic rings. The first kappa shape index (κ1) is 21.9. The van der Waals surface area contributed by atoms with Crippen LogP contribution in [-0.4, -0.2) is 74.2 Å².